The fraction of sp³-hybridized carbons (Fsp3) is 0.387. The van der Waals surface area contributed by atoms with E-state index < -0.39 is 0 Å². The molecule has 3 nitrogen and oxygen atoms in total. The highest BCUT2D eigenvalue weighted by atomic mass is 79.9. The maximum absolute atomic E-state index is 13.6. The van der Waals surface area contributed by atoms with Crippen molar-refractivity contribution in [1.82, 2.24) is 4.90 Å². The van der Waals surface area contributed by atoms with E-state index in [4.69, 9.17) is 0 Å². The molecule has 0 N–H and O–H groups in total. The number of halogens is 1. The Balaban J connectivity index is 1.30. The number of imide groups is 1. The molecule has 8 heteroatoms. The van der Waals surface area contributed by atoms with Gasteiger partial charge in [0, 0.05) is 31.6 Å². The lowest BCUT2D eigenvalue weighted by Gasteiger charge is -2.15. The number of hydrogen-bond acceptors (Lipinski definition) is 5. The molecule has 1 atom stereocenters. The Morgan fingerprint density at radius 1 is 0.897 bits per heavy atom. The molecule has 1 unspecified atom stereocenters. The van der Waals surface area contributed by atoms with Crippen molar-refractivity contribution < 1.29 is 9.59 Å². The first-order chi connectivity index (χ1) is 18.8. The number of amides is 2. The molecule has 3 aromatic heterocycles. The minimum Gasteiger partial charge on any atom is -0.274 e. The van der Waals surface area contributed by atoms with Crippen LogP contribution in [0.25, 0.3) is 19.8 Å². The smallest absolute Gasteiger partial charge is 0.263 e. The summed E-state index contributed by atoms with van der Waals surface area (Å²) in [5.41, 5.74) is 6.80. The van der Waals surface area contributed by atoms with Crippen molar-refractivity contribution in [2.45, 2.75) is 76.2 Å². The number of hydrogen-bond donors (Lipinski definition) is 0. The molecule has 0 fully saturated rings. The number of thiophene rings is 3. The molecule has 39 heavy (non-hydrogen) atoms. The van der Waals surface area contributed by atoms with Gasteiger partial charge in [-0.25, -0.2) is 0 Å². The molecule has 1 aromatic carbocycles. The molecular formula is C31H32BrNO2S4. The van der Waals surface area contributed by atoms with E-state index in [2.05, 4.69) is 60.3 Å². The number of rotatable bonds is 9. The third-order valence-corrected chi connectivity index (χ3v) is 14.6. The third kappa shape index (κ3) is 4.74. The third-order valence-electron chi connectivity index (χ3n) is 7.98. The van der Waals surface area contributed by atoms with Gasteiger partial charge in [-0.15, -0.1) is 44.5 Å². The normalized spacial score (nSPS) is 16.4. The van der Waals surface area contributed by atoms with E-state index in [1.165, 1.54) is 72.7 Å². The summed E-state index contributed by atoms with van der Waals surface area (Å²) in [5, 5.41) is 3.75. The highest BCUT2D eigenvalue weighted by Crippen LogP contribution is 2.51. The van der Waals surface area contributed by atoms with Crippen molar-refractivity contribution in [3.63, 3.8) is 0 Å². The van der Waals surface area contributed by atoms with Gasteiger partial charge in [0.15, 0.2) is 0 Å². The summed E-state index contributed by atoms with van der Waals surface area (Å²) in [7, 11) is -0.206. The SMILES string of the molecule is CCCCCCCCN1C(=O)c2c(C)sc(S3=Cc4c(c(C)c5cc(-c6ccc(Br)s6)sc5c4C)C3)c2C1=O. The fourth-order valence-corrected chi connectivity index (χ4v) is 12.5. The van der Waals surface area contributed by atoms with Crippen molar-refractivity contribution in [2.24, 2.45) is 0 Å². The van der Waals surface area contributed by atoms with Gasteiger partial charge in [0.25, 0.3) is 11.8 Å². The summed E-state index contributed by atoms with van der Waals surface area (Å²) < 4.78 is 3.62. The van der Waals surface area contributed by atoms with Crippen molar-refractivity contribution in [3.8, 4) is 9.75 Å². The second kappa shape index (κ2) is 11.0. The molecule has 0 aliphatic carbocycles. The van der Waals surface area contributed by atoms with Gasteiger partial charge in [-0.3, -0.25) is 14.5 Å². The van der Waals surface area contributed by atoms with E-state index in [1.54, 1.807) is 22.7 Å². The predicted octanol–water partition coefficient (Wildman–Crippen LogP) is 10.3. The van der Waals surface area contributed by atoms with Crippen molar-refractivity contribution in [3.05, 3.63) is 60.2 Å². The van der Waals surface area contributed by atoms with Crippen LogP contribution in [0.1, 0.15) is 93.3 Å². The number of unbranched alkanes of at least 4 members (excludes halogenated alkanes) is 5. The zero-order chi connectivity index (χ0) is 27.4. The molecular weight excluding hydrogens is 627 g/mol. The molecule has 5 heterocycles. The van der Waals surface area contributed by atoms with Crippen LogP contribution in [-0.2, 0) is 5.75 Å². The van der Waals surface area contributed by atoms with Crippen LogP contribution in [0.2, 0.25) is 0 Å². The quantitative estimate of drug-likeness (QED) is 0.102. The van der Waals surface area contributed by atoms with Crippen LogP contribution in [-0.4, -0.2) is 28.6 Å². The number of benzene rings is 1. The molecule has 2 amide bonds. The maximum atomic E-state index is 13.6. The first-order valence-electron chi connectivity index (χ1n) is 13.7. The van der Waals surface area contributed by atoms with E-state index in [0.717, 1.165) is 31.5 Å². The van der Waals surface area contributed by atoms with Gasteiger partial charge < -0.3 is 0 Å². The van der Waals surface area contributed by atoms with Crippen LogP contribution >= 0.6 is 60.4 Å². The maximum Gasteiger partial charge on any atom is 0.263 e. The first kappa shape index (κ1) is 27.6. The Kier molecular flexibility index (Phi) is 7.79. The molecule has 0 saturated carbocycles. The van der Waals surface area contributed by atoms with Crippen molar-refractivity contribution in [2.75, 3.05) is 6.54 Å². The largest absolute Gasteiger partial charge is 0.274 e. The van der Waals surface area contributed by atoms with Crippen molar-refractivity contribution >= 4 is 87.7 Å². The summed E-state index contributed by atoms with van der Waals surface area (Å²) in [4.78, 5) is 32.0. The Morgan fingerprint density at radius 2 is 1.64 bits per heavy atom. The minimum absolute atomic E-state index is 0.0686. The average molecular weight is 659 g/mol. The van der Waals surface area contributed by atoms with E-state index in [1.807, 2.05) is 18.3 Å². The minimum atomic E-state index is -0.206. The van der Waals surface area contributed by atoms with Gasteiger partial charge in [0.2, 0.25) is 0 Å². The van der Waals surface area contributed by atoms with E-state index in [-0.39, 0.29) is 22.3 Å². The number of fused-ring (bicyclic) bond motifs is 3. The number of aryl methyl sites for hydroxylation is 3. The van der Waals surface area contributed by atoms with Gasteiger partial charge in [-0.05, 0) is 94.3 Å². The Bertz CT molecular complexity index is 1670. The first-order valence-corrected chi connectivity index (χ1v) is 18.4. The molecule has 6 rings (SSSR count). The molecule has 204 valence electrons. The van der Waals surface area contributed by atoms with Gasteiger partial charge in [0.1, 0.15) is 0 Å². The highest BCUT2D eigenvalue weighted by molar-refractivity contribution is 9.11. The molecule has 0 saturated heterocycles. The van der Waals surface area contributed by atoms with Crippen LogP contribution in [0.4, 0.5) is 0 Å². The molecule has 0 spiro atoms. The monoisotopic (exact) mass is 657 g/mol. The molecule has 0 radical (unpaired) electrons. The van der Waals surface area contributed by atoms with E-state index in [9.17, 15) is 9.59 Å². The molecule has 4 aromatic rings. The lowest BCUT2D eigenvalue weighted by Crippen LogP contribution is -2.31. The Hall–Kier alpha value is -1.58. The molecule has 2 aliphatic rings. The van der Waals surface area contributed by atoms with Crippen LogP contribution in [0, 0.1) is 20.8 Å². The standard InChI is InChI=1S/C31H32BrNO2S4/c1-5-6-7-8-9-10-13-33-29(34)26-19(4)36-31(27(26)30(33)35)39-15-21-17(2)20-14-24(23-11-12-25(32)37-23)38-28(20)18(3)22(21)16-39/h11-12,14,16H,5-10,13,15H2,1-4H3. The Labute approximate surface area is 253 Å². The van der Waals surface area contributed by atoms with E-state index >= 15 is 0 Å². The summed E-state index contributed by atoms with van der Waals surface area (Å²) >= 11 is 8.92. The van der Waals surface area contributed by atoms with Gasteiger partial charge >= 0.3 is 0 Å². The average Bonchev–Trinajstić information content (AvgIpc) is 3.72. The highest BCUT2D eigenvalue weighted by Gasteiger charge is 2.41. The summed E-state index contributed by atoms with van der Waals surface area (Å²) in [6, 6.07) is 6.66. The predicted molar refractivity (Wildman–Crippen MR) is 175 cm³/mol. The van der Waals surface area contributed by atoms with Crippen LogP contribution in [0.5, 0.6) is 0 Å². The number of carbonyl (C=O) groups is 2. The topological polar surface area (TPSA) is 37.4 Å². The van der Waals surface area contributed by atoms with Crippen LogP contribution < -0.4 is 0 Å². The van der Waals surface area contributed by atoms with E-state index in [0.29, 0.717) is 17.7 Å². The fourth-order valence-electron chi connectivity index (χ4n) is 5.80. The molecule has 2 aliphatic heterocycles. The summed E-state index contributed by atoms with van der Waals surface area (Å²) in [6.45, 7) is 9.26. The van der Waals surface area contributed by atoms with Crippen LogP contribution in [0.3, 0.4) is 0 Å². The Morgan fingerprint density at radius 3 is 2.38 bits per heavy atom. The van der Waals surface area contributed by atoms with Crippen molar-refractivity contribution in [1.29, 1.82) is 0 Å². The van der Waals surface area contributed by atoms with Gasteiger partial charge in [0.05, 0.1) is 19.1 Å². The van der Waals surface area contributed by atoms with Gasteiger partial charge in [-0.2, -0.15) is 0 Å². The second-order valence-corrected chi connectivity index (χ2v) is 17.3. The van der Waals surface area contributed by atoms with Crippen LogP contribution in [0.15, 0.2) is 26.2 Å². The molecule has 0 bridgehead atoms. The number of nitrogens with zero attached hydrogens (tertiary/aromatic N) is 1. The summed E-state index contributed by atoms with van der Waals surface area (Å²) in [6.07, 6.45) is 6.86. The zero-order valence-corrected chi connectivity index (χ0v) is 27.6. The lowest BCUT2D eigenvalue weighted by atomic mass is 9.96. The zero-order valence-electron chi connectivity index (χ0n) is 22.7. The summed E-state index contributed by atoms with van der Waals surface area (Å²) in [5.74, 6) is 0.768. The lowest BCUT2D eigenvalue weighted by molar-refractivity contribution is 0.0650. The second-order valence-electron chi connectivity index (χ2n) is 10.5. The van der Waals surface area contributed by atoms with Gasteiger partial charge in [-0.1, -0.05) is 39.0 Å². The number of carbonyl (C=O) groups excluding carboxylic acids is 2.